The Morgan fingerprint density at radius 1 is 0.882 bits per heavy atom. The van der Waals surface area contributed by atoms with Crippen LogP contribution < -0.4 is 0 Å². The van der Waals surface area contributed by atoms with Gasteiger partial charge in [-0.1, -0.05) is 36.5 Å². The van der Waals surface area contributed by atoms with Gasteiger partial charge >= 0.3 is 0 Å². The van der Waals surface area contributed by atoms with Gasteiger partial charge in [-0.05, 0) is 5.92 Å². The zero-order valence-corrected chi connectivity index (χ0v) is 9.27. The van der Waals surface area contributed by atoms with E-state index in [0.29, 0.717) is 11.8 Å². The molecule has 0 aromatic carbocycles. The maximum Gasteiger partial charge on any atom is 0.129 e. The van der Waals surface area contributed by atoms with Crippen molar-refractivity contribution in [1.82, 2.24) is 0 Å². The Balaban J connectivity index is 1.65. The molecule has 3 nitrogen and oxygen atoms in total. The van der Waals surface area contributed by atoms with Gasteiger partial charge in [0.05, 0.1) is 6.10 Å². The molecule has 3 fully saturated rings. The molecule has 0 radical (unpaired) electrons. The Labute approximate surface area is 99.4 Å². The third-order valence-electron chi connectivity index (χ3n) is 5.02. The summed E-state index contributed by atoms with van der Waals surface area (Å²) in [5.41, 5.74) is -0.791. The molecule has 2 heterocycles. The summed E-state index contributed by atoms with van der Waals surface area (Å²) in [6.07, 6.45) is 13.1. The summed E-state index contributed by atoms with van der Waals surface area (Å²) in [6.45, 7) is 0. The van der Waals surface area contributed by atoms with Gasteiger partial charge in [0, 0.05) is 11.8 Å². The maximum absolute atomic E-state index is 11.0. The number of hydrogen-bond donors (Lipinski definition) is 1. The predicted molar refractivity (Wildman–Crippen MR) is 60.2 cm³/mol. The Morgan fingerprint density at radius 2 is 1.71 bits per heavy atom. The van der Waals surface area contributed by atoms with E-state index in [1.807, 2.05) is 0 Å². The minimum absolute atomic E-state index is 0.0233. The van der Waals surface area contributed by atoms with E-state index < -0.39 is 5.60 Å². The molecule has 88 valence electrons. The second kappa shape index (κ2) is 2.58. The van der Waals surface area contributed by atoms with E-state index in [-0.39, 0.29) is 30.3 Å². The lowest BCUT2D eigenvalue weighted by molar-refractivity contribution is -0.0704. The van der Waals surface area contributed by atoms with Gasteiger partial charge in [0.15, 0.2) is 0 Å². The number of allylic oxidation sites excluding steroid dienone is 3. The van der Waals surface area contributed by atoms with Crippen molar-refractivity contribution >= 4 is 0 Å². The van der Waals surface area contributed by atoms with Crippen LogP contribution in [0.15, 0.2) is 36.5 Å². The van der Waals surface area contributed by atoms with Gasteiger partial charge in [-0.2, -0.15) is 0 Å². The molecule has 17 heavy (non-hydrogen) atoms. The molecule has 1 saturated carbocycles. The molecule has 3 heteroatoms. The van der Waals surface area contributed by atoms with E-state index >= 15 is 0 Å². The maximum atomic E-state index is 11.0. The molecule has 2 aliphatic heterocycles. The molecule has 0 bridgehead atoms. The molecule has 8 atom stereocenters. The number of hydrogen-bond acceptors (Lipinski definition) is 3. The van der Waals surface area contributed by atoms with E-state index in [0.717, 1.165) is 0 Å². The molecule has 1 N–H and O–H groups in total. The summed E-state index contributed by atoms with van der Waals surface area (Å²) in [6, 6.07) is 0. The summed E-state index contributed by atoms with van der Waals surface area (Å²) in [5, 5.41) is 11.0. The van der Waals surface area contributed by atoms with Crippen molar-refractivity contribution in [3.8, 4) is 0 Å². The number of aliphatic hydroxyl groups is 1. The first-order chi connectivity index (χ1) is 8.30. The molecule has 5 aliphatic rings. The molecular weight excluding hydrogens is 216 g/mol. The van der Waals surface area contributed by atoms with Gasteiger partial charge in [-0.3, -0.25) is 0 Å². The highest BCUT2D eigenvalue weighted by atomic mass is 16.6. The third kappa shape index (κ3) is 0.919. The molecule has 0 spiro atoms. The molecule has 2 saturated heterocycles. The second-order valence-corrected chi connectivity index (χ2v) is 5.77. The molecular formula is C14H14O3. The summed E-state index contributed by atoms with van der Waals surface area (Å²) in [5.74, 6) is 0.923. The summed E-state index contributed by atoms with van der Waals surface area (Å²) >= 11 is 0. The SMILES string of the molecule is OC12C(C=CC3OC31)C1C=CC=CC1C1OC12. The molecule has 0 aromatic rings. The minimum atomic E-state index is -0.791. The first-order valence-corrected chi connectivity index (χ1v) is 6.37. The zero-order valence-electron chi connectivity index (χ0n) is 9.27. The minimum Gasteiger partial charge on any atom is -0.384 e. The van der Waals surface area contributed by atoms with Crippen LogP contribution >= 0.6 is 0 Å². The molecule has 8 unspecified atom stereocenters. The molecule has 0 amide bonds. The van der Waals surface area contributed by atoms with Crippen molar-refractivity contribution in [2.75, 3.05) is 0 Å². The number of rotatable bonds is 0. The lowest BCUT2D eigenvalue weighted by Gasteiger charge is -2.44. The Kier molecular flexibility index (Phi) is 1.38. The topological polar surface area (TPSA) is 45.3 Å². The molecule has 0 aromatic heterocycles. The fourth-order valence-electron chi connectivity index (χ4n) is 4.12. The first-order valence-electron chi connectivity index (χ1n) is 6.37. The van der Waals surface area contributed by atoms with Crippen LogP contribution in [0.3, 0.4) is 0 Å². The fourth-order valence-corrected chi connectivity index (χ4v) is 4.12. The van der Waals surface area contributed by atoms with Crippen molar-refractivity contribution in [1.29, 1.82) is 0 Å². The zero-order chi connectivity index (χ0) is 11.2. The lowest BCUT2D eigenvalue weighted by atomic mass is 9.60. The van der Waals surface area contributed by atoms with Crippen molar-refractivity contribution < 1.29 is 14.6 Å². The fraction of sp³-hybridized carbons (Fsp3) is 0.571. The third-order valence-corrected chi connectivity index (χ3v) is 5.02. The van der Waals surface area contributed by atoms with Crippen LogP contribution in [0, 0.1) is 17.8 Å². The van der Waals surface area contributed by atoms with Crippen LogP contribution in [0.25, 0.3) is 0 Å². The van der Waals surface area contributed by atoms with Gasteiger partial charge in [-0.25, -0.2) is 0 Å². The predicted octanol–water partition coefficient (Wildman–Crippen LogP) is 0.810. The largest absolute Gasteiger partial charge is 0.384 e. The number of epoxide rings is 2. The van der Waals surface area contributed by atoms with Gasteiger partial charge in [0.2, 0.25) is 0 Å². The second-order valence-electron chi connectivity index (χ2n) is 5.77. The average Bonchev–Trinajstić information content (AvgIpc) is 3.22. The summed E-state index contributed by atoms with van der Waals surface area (Å²) in [7, 11) is 0. The summed E-state index contributed by atoms with van der Waals surface area (Å²) < 4.78 is 11.3. The van der Waals surface area contributed by atoms with E-state index in [1.54, 1.807) is 0 Å². The van der Waals surface area contributed by atoms with Crippen LogP contribution in [0.5, 0.6) is 0 Å². The van der Waals surface area contributed by atoms with E-state index in [4.69, 9.17) is 9.47 Å². The van der Waals surface area contributed by atoms with Crippen molar-refractivity contribution in [2.24, 2.45) is 17.8 Å². The monoisotopic (exact) mass is 230 g/mol. The lowest BCUT2D eigenvalue weighted by Crippen LogP contribution is -2.58. The first kappa shape index (κ1) is 9.09. The van der Waals surface area contributed by atoms with Gasteiger partial charge < -0.3 is 14.6 Å². The smallest absolute Gasteiger partial charge is 0.129 e. The average molecular weight is 230 g/mol. The van der Waals surface area contributed by atoms with Crippen LogP contribution in [0.4, 0.5) is 0 Å². The van der Waals surface area contributed by atoms with Crippen LogP contribution in [0.1, 0.15) is 0 Å². The van der Waals surface area contributed by atoms with Crippen LogP contribution in [-0.4, -0.2) is 35.1 Å². The van der Waals surface area contributed by atoms with Gasteiger partial charge in [0.25, 0.3) is 0 Å². The highest BCUT2D eigenvalue weighted by Gasteiger charge is 2.74. The van der Waals surface area contributed by atoms with Crippen molar-refractivity contribution in [2.45, 2.75) is 30.0 Å². The highest BCUT2D eigenvalue weighted by molar-refractivity contribution is 5.35. The van der Waals surface area contributed by atoms with E-state index in [2.05, 4.69) is 36.5 Å². The Bertz CT molecular complexity index is 480. The van der Waals surface area contributed by atoms with Crippen molar-refractivity contribution in [3.05, 3.63) is 36.5 Å². The number of fused-ring (bicyclic) bond motifs is 8. The highest BCUT2D eigenvalue weighted by Crippen LogP contribution is 2.60. The van der Waals surface area contributed by atoms with E-state index in [1.165, 1.54) is 0 Å². The van der Waals surface area contributed by atoms with Gasteiger partial charge in [0.1, 0.15) is 23.9 Å². The van der Waals surface area contributed by atoms with Crippen LogP contribution in [0.2, 0.25) is 0 Å². The normalized spacial score (nSPS) is 64.4. The summed E-state index contributed by atoms with van der Waals surface area (Å²) in [4.78, 5) is 0. The quantitative estimate of drug-likeness (QED) is 0.495. The molecule has 3 aliphatic carbocycles. The number of ether oxygens (including phenoxy) is 2. The molecule has 5 rings (SSSR count). The van der Waals surface area contributed by atoms with E-state index in [9.17, 15) is 5.11 Å². The Morgan fingerprint density at radius 3 is 2.59 bits per heavy atom. The standard InChI is InChI=1S/C14H14O3/c15-14-9(5-6-10-12(14)16-10)7-3-1-2-4-8(7)11-13(14)17-11/h1-13,15H. The van der Waals surface area contributed by atoms with Gasteiger partial charge in [-0.15, -0.1) is 0 Å². The Hall–Kier alpha value is -0.900. The van der Waals surface area contributed by atoms with Crippen molar-refractivity contribution in [3.63, 3.8) is 0 Å². The van der Waals surface area contributed by atoms with Crippen LogP contribution in [-0.2, 0) is 9.47 Å².